The molecule has 112 valence electrons. The summed E-state index contributed by atoms with van der Waals surface area (Å²) in [6.07, 6.45) is 5.51. The van der Waals surface area contributed by atoms with E-state index in [-0.39, 0.29) is 11.4 Å². The van der Waals surface area contributed by atoms with Crippen molar-refractivity contribution in [1.29, 1.82) is 0 Å². The maximum Gasteiger partial charge on any atom is 0.252 e. The molecule has 5 heteroatoms. The van der Waals surface area contributed by atoms with Crippen molar-refractivity contribution in [2.24, 2.45) is 0 Å². The van der Waals surface area contributed by atoms with Gasteiger partial charge >= 0.3 is 0 Å². The van der Waals surface area contributed by atoms with Gasteiger partial charge in [0.25, 0.3) is 5.91 Å². The highest BCUT2D eigenvalue weighted by atomic mass is 35.5. The van der Waals surface area contributed by atoms with Crippen LogP contribution in [-0.2, 0) is 9.47 Å². The fourth-order valence-electron chi connectivity index (χ4n) is 2.86. The molecule has 3 aliphatic rings. The monoisotopic (exact) mass is 307 g/mol. The molecule has 1 aromatic rings. The SMILES string of the molecule is CCO/C=C/c1ccc(Cl)cc1C(=O)NC12COC(C1)C2. The summed E-state index contributed by atoms with van der Waals surface area (Å²) in [7, 11) is 0. The first-order valence-corrected chi connectivity index (χ1v) is 7.51. The van der Waals surface area contributed by atoms with Crippen molar-refractivity contribution in [1.82, 2.24) is 5.32 Å². The first kappa shape index (κ1) is 14.4. The summed E-state index contributed by atoms with van der Waals surface area (Å²) in [6.45, 7) is 3.10. The number of carbonyl (C=O) groups is 1. The van der Waals surface area contributed by atoms with Gasteiger partial charge in [0.2, 0.25) is 0 Å². The van der Waals surface area contributed by atoms with Crippen molar-refractivity contribution in [3.05, 3.63) is 40.6 Å². The molecule has 1 saturated carbocycles. The third-order valence-corrected chi connectivity index (χ3v) is 4.22. The molecule has 0 radical (unpaired) electrons. The zero-order valence-corrected chi connectivity index (χ0v) is 12.7. The summed E-state index contributed by atoms with van der Waals surface area (Å²) in [5, 5.41) is 3.64. The van der Waals surface area contributed by atoms with Gasteiger partial charge in [-0.25, -0.2) is 0 Å². The van der Waals surface area contributed by atoms with Crippen LogP contribution < -0.4 is 5.32 Å². The average molecular weight is 308 g/mol. The number of amides is 1. The van der Waals surface area contributed by atoms with Gasteiger partial charge in [-0.3, -0.25) is 4.79 Å². The number of ether oxygens (including phenoxy) is 2. The lowest BCUT2D eigenvalue weighted by atomic mass is 9.78. The fourth-order valence-corrected chi connectivity index (χ4v) is 3.03. The molecule has 4 rings (SSSR count). The molecule has 0 spiro atoms. The van der Waals surface area contributed by atoms with E-state index >= 15 is 0 Å². The van der Waals surface area contributed by atoms with Crippen molar-refractivity contribution in [3.63, 3.8) is 0 Å². The largest absolute Gasteiger partial charge is 0.501 e. The lowest BCUT2D eigenvalue weighted by Crippen LogP contribution is -2.55. The average Bonchev–Trinajstić information content (AvgIpc) is 3.00. The van der Waals surface area contributed by atoms with Crippen LogP contribution in [0.25, 0.3) is 6.08 Å². The zero-order chi connectivity index (χ0) is 14.9. The first-order chi connectivity index (χ1) is 10.1. The van der Waals surface area contributed by atoms with Crippen LogP contribution in [-0.4, -0.2) is 30.8 Å². The molecule has 4 nitrogen and oxygen atoms in total. The van der Waals surface area contributed by atoms with Crippen molar-refractivity contribution >= 4 is 23.6 Å². The minimum atomic E-state index is -0.176. The first-order valence-electron chi connectivity index (χ1n) is 7.14. The fraction of sp³-hybridized carbons (Fsp3) is 0.438. The number of fused-ring (bicyclic) bond motifs is 1. The Morgan fingerprint density at radius 1 is 1.57 bits per heavy atom. The lowest BCUT2D eigenvalue weighted by Gasteiger charge is -2.36. The molecule has 0 atom stereocenters. The predicted molar refractivity (Wildman–Crippen MR) is 81.3 cm³/mol. The predicted octanol–water partition coefficient (Wildman–Crippen LogP) is 3.01. The minimum Gasteiger partial charge on any atom is -0.501 e. The Kier molecular flexibility index (Phi) is 3.91. The van der Waals surface area contributed by atoms with Crippen LogP contribution in [0.5, 0.6) is 0 Å². The summed E-state index contributed by atoms with van der Waals surface area (Å²) < 4.78 is 10.7. The Morgan fingerprint density at radius 3 is 3.05 bits per heavy atom. The summed E-state index contributed by atoms with van der Waals surface area (Å²) in [4.78, 5) is 12.5. The van der Waals surface area contributed by atoms with Crippen LogP contribution in [0.1, 0.15) is 35.7 Å². The summed E-state index contributed by atoms with van der Waals surface area (Å²) in [5.74, 6) is -0.113. The normalized spacial score (nSPS) is 26.7. The second-order valence-electron chi connectivity index (χ2n) is 5.57. The van der Waals surface area contributed by atoms with E-state index in [2.05, 4.69) is 5.32 Å². The molecule has 2 heterocycles. The second-order valence-corrected chi connectivity index (χ2v) is 6.00. The van der Waals surface area contributed by atoms with E-state index in [4.69, 9.17) is 21.1 Å². The minimum absolute atomic E-state index is 0.113. The number of rotatable bonds is 5. The molecule has 1 amide bonds. The number of halogens is 1. The van der Waals surface area contributed by atoms with Crippen molar-refractivity contribution in [3.8, 4) is 0 Å². The zero-order valence-electron chi connectivity index (χ0n) is 11.9. The molecule has 0 unspecified atom stereocenters. The topological polar surface area (TPSA) is 47.6 Å². The Balaban J connectivity index is 1.79. The molecule has 1 N–H and O–H groups in total. The Hall–Kier alpha value is -1.52. The van der Waals surface area contributed by atoms with E-state index < -0.39 is 0 Å². The van der Waals surface area contributed by atoms with E-state index in [9.17, 15) is 4.79 Å². The third kappa shape index (κ3) is 2.92. The van der Waals surface area contributed by atoms with Crippen LogP contribution in [0, 0.1) is 0 Å². The Morgan fingerprint density at radius 2 is 2.38 bits per heavy atom. The molecular formula is C16H18ClNO3. The quantitative estimate of drug-likeness (QED) is 0.851. The summed E-state index contributed by atoms with van der Waals surface area (Å²) in [5.41, 5.74) is 1.17. The maximum absolute atomic E-state index is 12.5. The smallest absolute Gasteiger partial charge is 0.252 e. The maximum atomic E-state index is 12.5. The molecule has 2 bridgehead atoms. The number of hydrogen-bond acceptors (Lipinski definition) is 3. The standard InChI is InChI=1S/C16H18ClNO3/c1-2-20-6-5-11-3-4-12(17)7-14(11)15(19)18-16-8-13(9-16)21-10-16/h3-7,13H,2,8-10H2,1H3,(H,18,19)/b6-5+. The number of nitrogens with one attached hydrogen (secondary N) is 1. The van der Waals surface area contributed by atoms with Crippen LogP contribution >= 0.6 is 11.6 Å². The third-order valence-electron chi connectivity index (χ3n) is 3.98. The van der Waals surface area contributed by atoms with Gasteiger partial charge < -0.3 is 14.8 Å². The summed E-state index contributed by atoms with van der Waals surface area (Å²) >= 11 is 6.02. The van der Waals surface area contributed by atoms with E-state index in [1.165, 1.54) is 0 Å². The molecule has 0 aromatic heterocycles. The Labute approximate surface area is 129 Å². The molecular weight excluding hydrogens is 290 g/mol. The van der Waals surface area contributed by atoms with E-state index in [1.54, 1.807) is 24.5 Å². The second kappa shape index (κ2) is 5.70. The molecule has 1 aromatic carbocycles. The van der Waals surface area contributed by atoms with Crippen LogP contribution in [0.3, 0.4) is 0 Å². The van der Waals surface area contributed by atoms with Gasteiger partial charge in [0, 0.05) is 10.6 Å². The van der Waals surface area contributed by atoms with Crippen molar-refractivity contribution in [2.75, 3.05) is 13.2 Å². The van der Waals surface area contributed by atoms with Gasteiger partial charge in [0.15, 0.2) is 0 Å². The van der Waals surface area contributed by atoms with Crippen molar-refractivity contribution in [2.45, 2.75) is 31.4 Å². The van der Waals surface area contributed by atoms with Crippen LogP contribution in [0.15, 0.2) is 24.5 Å². The lowest BCUT2D eigenvalue weighted by molar-refractivity contribution is 0.0854. The highest BCUT2D eigenvalue weighted by Gasteiger charge is 2.52. The molecule has 2 aliphatic heterocycles. The van der Waals surface area contributed by atoms with Crippen LogP contribution in [0.4, 0.5) is 0 Å². The van der Waals surface area contributed by atoms with Gasteiger partial charge in [-0.05, 0) is 43.5 Å². The number of hydrogen-bond donors (Lipinski definition) is 1. The van der Waals surface area contributed by atoms with Crippen LogP contribution in [0.2, 0.25) is 5.02 Å². The van der Waals surface area contributed by atoms with E-state index in [0.29, 0.717) is 29.9 Å². The summed E-state index contributed by atoms with van der Waals surface area (Å²) in [6, 6.07) is 5.27. The molecule has 2 saturated heterocycles. The van der Waals surface area contributed by atoms with E-state index in [0.717, 1.165) is 18.4 Å². The van der Waals surface area contributed by atoms with Gasteiger partial charge in [-0.15, -0.1) is 0 Å². The van der Waals surface area contributed by atoms with Crippen molar-refractivity contribution < 1.29 is 14.3 Å². The highest BCUT2D eigenvalue weighted by Crippen LogP contribution is 2.42. The highest BCUT2D eigenvalue weighted by molar-refractivity contribution is 6.31. The van der Waals surface area contributed by atoms with Gasteiger partial charge in [-0.2, -0.15) is 0 Å². The number of benzene rings is 1. The van der Waals surface area contributed by atoms with Gasteiger partial charge in [0.05, 0.1) is 31.1 Å². The number of carbonyl (C=O) groups excluding carboxylic acids is 1. The van der Waals surface area contributed by atoms with Gasteiger partial charge in [-0.1, -0.05) is 17.7 Å². The van der Waals surface area contributed by atoms with E-state index in [1.807, 2.05) is 13.0 Å². The Bertz CT molecular complexity index is 573. The molecule has 1 aliphatic carbocycles. The molecule has 3 fully saturated rings. The molecule has 21 heavy (non-hydrogen) atoms. The van der Waals surface area contributed by atoms with Gasteiger partial charge in [0.1, 0.15) is 0 Å².